The van der Waals surface area contributed by atoms with E-state index in [9.17, 15) is 4.39 Å². The Hall–Kier alpha value is -1.09. The number of fused-ring (bicyclic) bond motifs is 1. The third-order valence-corrected chi connectivity index (χ3v) is 2.39. The third kappa shape index (κ3) is 1.29. The van der Waals surface area contributed by atoms with E-state index in [1.807, 2.05) is 6.92 Å². The van der Waals surface area contributed by atoms with Gasteiger partial charge in [-0.1, -0.05) is 6.07 Å². The molecule has 0 radical (unpaired) electrons. The third-order valence-electron chi connectivity index (χ3n) is 2.39. The highest BCUT2D eigenvalue weighted by atomic mass is 19.1. The lowest BCUT2D eigenvalue weighted by atomic mass is 9.98. The van der Waals surface area contributed by atoms with E-state index >= 15 is 0 Å². The monoisotopic (exact) mass is 181 g/mol. The van der Waals surface area contributed by atoms with Gasteiger partial charge < -0.3 is 10.5 Å². The van der Waals surface area contributed by atoms with Crippen LogP contribution >= 0.6 is 0 Å². The first-order valence-electron chi connectivity index (χ1n) is 4.37. The smallest absolute Gasteiger partial charge is 0.131 e. The van der Waals surface area contributed by atoms with E-state index < -0.39 is 0 Å². The lowest BCUT2D eigenvalue weighted by Crippen LogP contribution is -2.22. The van der Waals surface area contributed by atoms with E-state index in [1.165, 1.54) is 6.07 Å². The van der Waals surface area contributed by atoms with Crippen molar-refractivity contribution in [1.82, 2.24) is 0 Å². The molecule has 1 aromatic rings. The molecule has 1 unspecified atom stereocenters. The zero-order valence-electron chi connectivity index (χ0n) is 7.51. The van der Waals surface area contributed by atoms with Gasteiger partial charge in [-0.2, -0.15) is 0 Å². The predicted octanol–water partition coefficient (Wildman–Crippen LogP) is 1.92. The van der Waals surface area contributed by atoms with Gasteiger partial charge >= 0.3 is 0 Å². The summed E-state index contributed by atoms with van der Waals surface area (Å²) < 4.78 is 18.7. The zero-order chi connectivity index (χ0) is 9.42. The van der Waals surface area contributed by atoms with Gasteiger partial charge in [0.15, 0.2) is 0 Å². The quantitative estimate of drug-likeness (QED) is 0.663. The fourth-order valence-corrected chi connectivity index (χ4v) is 1.65. The minimum atomic E-state index is -0.257. The van der Waals surface area contributed by atoms with Crippen LogP contribution in [0.1, 0.15) is 23.6 Å². The number of hydrogen-bond acceptors (Lipinski definition) is 2. The van der Waals surface area contributed by atoms with Crippen molar-refractivity contribution in [3.63, 3.8) is 0 Å². The summed E-state index contributed by atoms with van der Waals surface area (Å²) in [5, 5.41) is 0. The molecule has 70 valence electrons. The Labute approximate surface area is 76.5 Å². The van der Waals surface area contributed by atoms with Crippen molar-refractivity contribution in [3.05, 3.63) is 29.1 Å². The lowest BCUT2D eigenvalue weighted by Gasteiger charge is -2.24. The molecule has 0 fully saturated rings. The van der Waals surface area contributed by atoms with Crippen LogP contribution in [0.5, 0.6) is 5.75 Å². The van der Waals surface area contributed by atoms with Crippen LogP contribution in [0, 0.1) is 12.7 Å². The Bertz CT molecular complexity index is 338. The van der Waals surface area contributed by atoms with E-state index in [0.29, 0.717) is 24.3 Å². The molecule has 0 saturated heterocycles. The summed E-state index contributed by atoms with van der Waals surface area (Å²) in [5.74, 6) is 0.381. The van der Waals surface area contributed by atoms with Gasteiger partial charge in [0.05, 0.1) is 6.61 Å². The molecule has 2 nitrogen and oxygen atoms in total. The van der Waals surface area contributed by atoms with Crippen molar-refractivity contribution in [2.24, 2.45) is 5.73 Å². The maximum absolute atomic E-state index is 13.3. The summed E-state index contributed by atoms with van der Waals surface area (Å²) in [4.78, 5) is 0. The van der Waals surface area contributed by atoms with Crippen LogP contribution in [0.2, 0.25) is 0 Å². The van der Waals surface area contributed by atoms with E-state index in [0.717, 1.165) is 5.56 Å². The van der Waals surface area contributed by atoms with E-state index in [-0.39, 0.29) is 11.9 Å². The van der Waals surface area contributed by atoms with Gasteiger partial charge in [-0.15, -0.1) is 0 Å². The molecule has 1 atom stereocenters. The number of hydrogen-bond donors (Lipinski definition) is 1. The average Bonchev–Trinajstić information content (AvgIpc) is 2.12. The van der Waals surface area contributed by atoms with Crippen LogP contribution in [0.3, 0.4) is 0 Å². The number of benzene rings is 1. The Kier molecular flexibility index (Phi) is 1.96. The zero-order valence-corrected chi connectivity index (χ0v) is 7.51. The molecule has 0 aromatic heterocycles. The maximum atomic E-state index is 13.3. The van der Waals surface area contributed by atoms with Gasteiger partial charge in [-0.05, 0) is 18.6 Å². The second-order valence-corrected chi connectivity index (χ2v) is 3.35. The van der Waals surface area contributed by atoms with Gasteiger partial charge in [0.25, 0.3) is 0 Å². The van der Waals surface area contributed by atoms with Gasteiger partial charge in [-0.25, -0.2) is 4.39 Å². The minimum Gasteiger partial charge on any atom is -0.493 e. The standard InChI is InChI=1S/C10H12FNO/c1-6-2-3-7(11)9-8(12)4-5-13-10(6)9/h2-3,8H,4-5,12H2,1H3. The second-order valence-electron chi connectivity index (χ2n) is 3.35. The molecule has 2 rings (SSSR count). The van der Waals surface area contributed by atoms with Crippen LogP contribution in [0.25, 0.3) is 0 Å². The summed E-state index contributed by atoms with van der Waals surface area (Å²) in [6.07, 6.45) is 0.688. The molecular formula is C10H12FNO. The maximum Gasteiger partial charge on any atom is 0.131 e. The molecule has 1 aliphatic heterocycles. The summed E-state index contributed by atoms with van der Waals surface area (Å²) in [6.45, 7) is 2.48. The average molecular weight is 181 g/mol. The van der Waals surface area contributed by atoms with Gasteiger partial charge in [0, 0.05) is 18.0 Å². The van der Waals surface area contributed by atoms with Crippen LogP contribution in [0.15, 0.2) is 12.1 Å². The normalized spacial score (nSPS) is 20.7. The number of aryl methyl sites for hydroxylation is 1. The fourth-order valence-electron chi connectivity index (χ4n) is 1.65. The first-order chi connectivity index (χ1) is 6.20. The number of halogens is 1. The topological polar surface area (TPSA) is 35.2 Å². The molecule has 0 saturated carbocycles. The molecule has 13 heavy (non-hydrogen) atoms. The molecule has 0 aliphatic carbocycles. The van der Waals surface area contributed by atoms with Gasteiger partial charge in [-0.3, -0.25) is 0 Å². The molecule has 3 heteroatoms. The first-order valence-corrected chi connectivity index (χ1v) is 4.37. The SMILES string of the molecule is Cc1ccc(F)c2c1OCCC2N. The van der Waals surface area contributed by atoms with E-state index in [4.69, 9.17) is 10.5 Å². The van der Waals surface area contributed by atoms with Crippen molar-refractivity contribution in [2.75, 3.05) is 6.61 Å². The number of ether oxygens (including phenoxy) is 1. The highest BCUT2D eigenvalue weighted by Gasteiger charge is 2.23. The first kappa shape index (κ1) is 8.51. The van der Waals surface area contributed by atoms with Crippen molar-refractivity contribution in [3.8, 4) is 5.75 Å². The molecule has 1 aliphatic rings. The Morgan fingerprint density at radius 1 is 1.54 bits per heavy atom. The van der Waals surface area contributed by atoms with Crippen molar-refractivity contribution < 1.29 is 9.13 Å². The molecule has 0 spiro atoms. The summed E-state index contributed by atoms with van der Waals surface area (Å²) >= 11 is 0. The molecule has 0 amide bonds. The van der Waals surface area contributed by atoms with Gasteiger partial charge in [0.1, 0.15) is 11.6 Å². The van der Waals surface area contributed by atoms with Gasteiger partial charge in [0.2, 0.25) is 0 Å². The summed E-state index contributed by atoms with van der Waals surface area (Å²) in [6, 6.07) is 2.94. The molecule has 0 bridgehead atoms. The lowest BCUT2D eigenvalue weighted by molar-refractivity contribution is 0.262. The van der Waals surface area contributed by atoms with Crippen LogP contribution in [-0.2, 0) is 0 Å². The van der Waals surface area contributed by atoms with Crippen LogP contribution < -0.4 is 10.5 Å². The predicted molar refractivity (Wildman–Crippen MR) is 48.2 cm³/mol. The highest BCUT2D eigenvalue weighted by molar-refractivity contribution is 5.44. The summed E-state index contributed by atoms with van der Waals surface area (Å²) in [7, 11) is 0. The number of rotatable bonds is 0. The van der Waals surface area contributed by atoms with Crippen LogP contribution in [0.4, 0.5) is 4.39 Å². The molecular weight excluding hydrogens is 169 g/mol. The van der Waals surface area contributed by atoms with Crippen LogP contribution in [-0.4, -0.2) is 6.61 Å². The fraction of sp³-hybridized carbons (Fsp3) is 0.400. The minimum absolute atomic E-state index is 0.219. The largest absolute Gasteiger partial charge is 0.493 e. The summed E-state index contributed by atoms with van der Waals surface area (Å²) in [5.41, 5.74) is 7.28. The van der Waals surface area contributed by atoms with Crippen molar-refractivity contribution in [2.45, 2.75) is 19.4 Å². The Morgan fingerprint density at radius 3 is 3.00 bits per heavy atom. The Balaban J connectivity index is 2.60. The van der Waals surface area contributed by atoms with E-state index in [1.54, 1.807) is 6.07 Å². The molecule has 1 aromatic carbocycles. The Morgan fingerprint density at radius 2 is 2.31 bits per heavy atom. The van der Waals surface area contributed by atoms with E-state index in [2.05, 4.69) is 0 Å². The van der Waals surface area contributed by atoms with Crippen molar-refractivity contribution >= 4 is 0 Å². The highest BCUT2D eigenvalue weighted by Crippen LogP contribution is 2.35. The second kappa shape index (κ2) is 3.00. The molecule has 2 N–H and O–H groups in total. The molecule has 1 heterocycles. The van der Waals surface area contributed by atoms with Crippen molar-refractivity contribution in [1.29, 1.82) is 0 Å². The number of nitrogens with two attached hydrogens (primary N) is 1.